The molecule has 0 amide bonds. The second-order valence-corrected chi connectivity index (χ2v) is 3.05. The smallest absolute Gasteiger partial charge is 0.153 e. The first-order valence-corrected chi connectivity index (χ1v) is 4.48. The summed E-state index contributed by atoms with van der Waals surface area (Å²) in [7, 11) is 1.60. The van der Waals surface area contributed by atoms with Crippen LogP contribution in [-0.4, -0.2) is 23.6 Å². The highest BCUT2D eigenvalue weighted by molar-refractivity contribution is 5.85. The van der Waals surface area contributed by atoms with Crippen LogP contribution < -0.4 is 4.74 Å². The maximum atomic E-state index is 10.7. The number of carbonyl (C=O) groups is 1. The van der Waals surface area contributed by atoms with Crippen LogP contribution in [0.4, 0.5) is 0 Å². The maximum Gasteiger partial charge on any atom is 0.153 e. The first-order valence-electron chi connectivity index (χ1n) is 4.48. The van der Waals surface area contributed by atoms with Crippen LogP contribution in [0.2, 0.25) is 0 Å². The Balaban J connectivity index is 2.48. The van der Waals surface area contributed by atoms with Crippen LogP contribution in [0.25, 0.3) is 11.3 Å². The summed E-state index contributed by atoms with van der Waals surface area (Å²) in [5, 5.41) is 6.62. The maximum absolute atomic E-state index is 10.7. The van der Waals surface area contributed by atoms with E-state index in [9.17, 15) is 4.79 Å². The van der Waals surface area contributed by atoms with Crippen LogP contribution in [0.3, 0.4) is 0 Å². The molecule has 1 N–H and O–H groups in total. The molecule has 4 nitrogen and oxygen atoms in total. The van der Waals surface area contributed by atoms with E-state index in [4.69, 9.17) is 4.74 Å². The minimum atomic E-state index is 0.545. The number of carbonyl (C=O) groups excluding carboxylic acids is 1. The molecule has 0 radical (unpaired) electrons. The molecule has 2 aromatic rings. The molecular formula is C11H10N2O2. The molecule has 1 aromatic carbocycles. The van der Waals surface area contributed by atoms with Crippen molar-refractivity contribution in [3.05, 3.63) is 36.0 Å². The van der Waals surface area contributed by atoms with Crippen LogP contribution in [0, 0.1) is 0 Å². The van der Waals surface area contributed by atoms with E-state index in [1.807, 2.05) is 24.3 Å². The molecule has 76 valence electrons. The highest BCUT2D eigenvalue weighted by Crippen LogP contribution is 2.23. The van der Waals surface area contributed by atoms with Crippen LogP contribution in [0.15, 0.2) is 30.5 Å². The first kappa shape index (κ1) is 9.45. The van der Waals surface area contributed by atoms with Crippen LogP contribution >= 0.6 is 0 Å². The number of aromatic nitrogens is 2. The molecular weight excluding hydrogens is 192 g/mol. The van der Waals surface area contributed by atoms with Gasteiger partial charge in [0, 0.05) is 5.56 Å². The summed E-state index contributed by atoms with van der Waals surface area (Å²) >= 11 is 0. The lowest BCUT2D eigenvalue weighted by atomic mass is 10.1. The van der Waals surface area contributed by atoms with Gasteiger partial charge in [0.25, 0.3) is 0 Å². The molecule has 15 heavy (non-hydrogen) atoms. The van der Waals surface area contributed by atoms with Gasteiger partial charge < -0.3 is 4.74 Å². The number of aromatic amines is 1. The van der Waals surface area contributed by atoms with E-state index in [2.05, 4.69) is 10.2 Å². The zero-order chi connectivity index (χ0) is 10.7. The van der Waals surface area contributed by atoms with E-state index in [-0.39, 0.29) is 0 Å². The van der Waals surface area contributed by atoms with Crippen LogP contribution in [-0.2, 0) is 0 Å². The molecule has 0 aliphatic carbocycles. The Bertz CT molecular complexity index is 477. The number of nitrogens with one attached hydrogen (secondary N) is 1. The third kappa shape index (κ3) is 1.74. The molecule has 0 saturated heterocycles. The van der Waals surface area contributed by atoms with Gasteiger partial charge in [0.05, 0.1) is 24.6 Å². The summed E-state index contributed by atoms with van der Waals surface area (Å²) in [6, 6.07) is 7.45. The fourth-order valence-corrected chi connectivity index (χ4v) is 1.39. The van der Waals surface area contributed by atoms with E-state index in [1.54, 1.807) is 7.11 Å². The predicted octanol–water partition coefficient (Wildman–Crippen LogP) is 1.90. The summed E-state index contributed by atoms with van der Waals surface area (Å²) in [5.41, 5.74) is 2.14. The lowest BCUT2D eigenvalue weighted by molar-refractivity contribution is 0.112. The fraction of sp³-hybridized carbons (Fsp3) is 0.0909. The Kier molecular flexibility index (Phi) is 2.49. The van der Waals surface area contributed by atoms with Crippen molar-refractivity contribution in [1.82, 2.24) is 10.2 Å². The van der Waals surface area contributed by atoms with E-state index in [1.165, 1.54) is 6.20 Å². The van der Waals surface area contributed by atoms with Gasteiger partial charge in [0.15, 0.2) is 6.29 Å². The lowest BCUT2D eigenvalue weighted by Crippen LogP contribution is -1.86. The van der Waals surface area contributed by atoms with Gasteiger partial charge >= 0.3 is 0 Å². The van der Waals surface area contributed by atoms with Gasteiger partial charge in [-0.25, -0.2) is 0 Å². The molecule has 0 aliphatic heterocycles. The van der Waals surface area contributed by atoms with E-state index in [0.29, 0.717) is 11.3 Å². The molecule has 4 heteroatoms. The highest BCUT2D eigenvalue weighted by atomic mass is 16.5. The lowest BCUT2D eigenvalue weighted by Gasteiger charge is -2.02. The zero-order valence-electron chi connectivity index (χ0n) is 8.23. The summed E-state index contributed by atoms with van der Waals surface area (Å²) in [4.78, 5) is 10.7. The van der Waals surface area contributed by atoms with Crippen molar-refractivity contribution in [3.8, 4) is 17.0 Å². The molecule has 1 heterocycles. The summed E-state index contributed by atoms with van der Waals surface area (Å²) in [5.74, 6) is 0.749. The number of methoxy groups -OCH3 is 1. The van der Waals surface area contributed by atoms with Crippen molar-refractivity contribution in [3.63, 3.8) is 0 Å². The molecule has 0 unspecified atom stereocenters. The van der Waals surface area contributed by atoms with Crippen LogP contribution in [0.5, 0.6) is 5.75 Å². The van der Waals surface area contributed by atoms with Crippen molar-refractivity contribution in [2.45, 2.75) is 0 Å². The third-order valence-electron chi connectivity index (χ3n) is 2.15. The highest BCUT2D eigenvalue weighted by Gasteiger charge is 2.06. The Morgan fingerprint density at radius 3 is 3.07 bits per heavy atom. The number of aldehydes is 1. The Labute approximate surface area is 86.9 Å². The van der Waals surface area contributed by atoms with Gasteiger partial charge in [0.1, 0.15) is 5.75 Å². The van der Waals surface area contributed by atoms with E-state index >= 15 is 0 Å². The van der Waals surface area contributed by atoms with Gasteiger partial charge in [-0.3, -0.25) is 9.89 Å². The monoisotopic (exact) mass is 202 g/mol. The Morgan fingerprint density at radius 2 is 2.33 bits per heavy atom. The topological polar surface area (TPSA) is 55.0 Å². The molecule has 0 bridgehead atoms. The average Bonchev–Trinajstić information content (AvgIpc) is 2.77. The number of rotatable bonds is 3. The largest absolute Gasteiger partial charge is 0.497 e. The van der Waals surface area contributed by atoms with Crippen molar-refractivity contribution in [2.75, 3.05) is 7.11 Å². The average molecular weight is 202 g/mol. The van der Waals surface area contributed by atoms with Crippen molar-refractivity contribution in [1.29, 1.82) is 0 Å². The second-order valence-electron chi connectivity index (χ2n) is 3.05. The normalized spacial score (nSPS) is 9.93. The quantitative estimate of drug-likeness (QED) is 0.773. The molecule has 2 rings (SSSR count). The second kappa shape index (κ2) is 3.96. The summed E-state index contributed by atoms with van der Waals surface area (Å²) in [6.07, 6.45) is 2.28. The Morgan fingerprint density at radius 1 is 1.47 bits per heavy atom. The number of hydrogen-bond donors (Lipinski definition) is 1. The summed E-state index contributed by atoms with van der Waals surface area (Å²) in [6.45, 7) is 0. The van der Waals surface area contributed by atoms with Gasteiger partial charge in [-0.2, -0.15) is 5.10 Å². The van der Waals surface area contributed by atoms with Gasteiger partial charge in [0.2, 0.25) is 0 Å². The number of H-pyrrole nitrogens is 1. The molecule has 0 fully saturated rings. The number of hydrogen-bond acceptors (Lipinski definition) is 3. The minimum absolute atomic E-state index is 0.545. The molecule has 0 aliphatic rings. The molecule has 0 spiro atoms. The van der Waals surface area contributed by atoms with Gasteiger partial charge in [-0.1, -0.05) is 12.1 Å². The van der Waals surface area contributed by atoms with E-state index in [0.717, 1.165) is 17.6 Å². The van der Waals surface area contributed by atoms with Crippen LogP contribution in [0.1, 0.15) is 10.4 Å². The van der Waals surface area contributed by atoms with Gasteiger partial charge in [-0.15, -0.1) is 0 Å². The third-order valence-corrected chi connectivity index (χ3v) is 2.15. The molecule has 1 aromatic heterocycles. The van der Waals surface area contributed by atoms with E-state index < -0.39 is 0 Å². The standard InChI is InChI=1S/C11H10N2O2/c1-15-10-4-2-3-8(5-10)11-9(7-14)6-12-13-11/h2-7H,1H3,(H,12,13). The van der Waals surface area contributed by atoms with Crippen molar-refractivity contribution < 1.29 is 9.53 Å². The number of benzene rings is 1. The van der Waals surface area contributed by atoms with Crippen molar-refractivity contribution >= 4 is 6.29 Å². The molecule has 0 atom stereocenters. The number of ether oxygens (including phenoxy) is 1. The zero-order valence-corrected chi connectivity index (χ0v) is 8.23. The minimum Gasteiger partial charge on any atom is -0.497 e. The SMILES string of the molecule is COc1cccc(-c2[nH]ncc2C=O)c1. The van der Waals surface area contributed by atoms with Gasteiger partial charge in [-0.05, 0) is 12.1 Å². The predicted molar refractivity (Wildman–Crippen MR) is 56.0 cm³/mol. The Hall–Kier alpha value is -2.10. The number of nitrogens with zero attached hydrogens (tertiary/aromatic N) is 1. The first-order chi connectivity index (χ1) is 7.35. The summed E-state index contributed by atoms with van der Waals surface area (Å²) < 4.78 is 5.10. The fourth-order valence-electron chi connectivity index (χ4n) is 1.39. The molecule has 0 saturated carbocycles. The van der Waals surface area contributed by atoms with Crippen molar-refractivity contribution in [2.24, 2.45) is 0 Å².